The lowest BCUT2D eigenvalue weighted by atomic mass is 9.97. The van der Waals surface area contributed by atoms with Crippen molar-refractivity contribution in [3.63, 3.8) is 0 Å². The number of fused-ring (bicyclic) bond motifs is 1. The molecule has 0 aliphatic heterocycles. The van der Waals surface area contributed by atoms with E-state index in [1.165, 1.54) is 16.5 Å². The Morgan fingerprint density at radius 2 is 2.15 bits per heavy atom. The zero-order valence-electron chi connectivity index (χ0n) is 12.5. The topological polar surface area (TPSA) is 24.9 Å². The molecule has 0 bridgehead atoms. The van der Waals surface area contributed by atoms with E-state index < -0.39 is 0 Å². The Bertz CT molecular complexity index is 574. The van der Waals surface area contributed by atoms with E-state index in [2.05, 4.69) is 55.0 Å². The Morgan fingerprint density at radius 1 is 1.30 bits per heavy atom. The van der Waals surface area contributed by atoms with Gasteiger partial charge in [-0.2, -0.15) is 0 Å². The van der Waals surface area contributed by atoms with Gasteiger partial charge in [0.25, 0.3) is 0 Å². The molecule has 2 aromatic rings. The number of aromatic nitrogens is 1. The number of nitrogens with zero attached hydrogens (tertiary/aromatic N) is 1. The van der Waals surface area contributed by atoms with E-state index in [0.29, 0.717) is 6.04 Å². The van der Waals surface area contributed by atoms with Crippen LogP contribution in [0, 0.1) is 0 Å². The van der Waals surface area contributed by atoms with Gasteiger partial charge in [-0.3, -0.25) is 4.98 Å². The molecule has 1 atom stereocenters. The number of rotatable bonds is 7. The fraction of sp³-hybridized carbons (Fsp3) is 0.389. The molecule has 0 fully saturated rings. The zero-order chi connectivity index (χ0) is 14.4. The van der Waals surface area contributed by atoms with Gasteiger partial charge in [-0.1, -0.05) is 38.1 Å². The van der Waals surface area contributed by atoms with Crippen molar-refractivity contribution in [2.45, 2.75) is 39.2 Å². The minimum Gasteiger partial charge on any atom is -0.310 e. The zero-order valence-corrected chi connectivity index (χ0v) is 12.5. The number of pyridine rings is 1. The van der Waals surface area contributed by atoms with Gasteiger partial charge in [0.2, 0.25) is 0 Å². The Hall–Kier alpha value is -1.67. The molecule has 106 valence electrons. The van der Waals surface area contributed by atoms with Crippen molar-refractivity contribution in [1.29, 1.82) is 0 Å². The van der Waals surface area contributed by atoms with E-state index in [1.807, 2.05) is 12.3 Å². The summed E-state index contributed by atoms with van der Waals surface area (Å²) in [5.41, 5.74) is 3.68. The van der Waals surface area contributed by atoms with Crippen LogP contribution in [-0.2, 0) is 0 Å². The molecule has 2 rings (SSSR count). The van der Waals surface area contributed by atoms with Crippen LogP contribution in [0.2, 0.25) is 0 Å². The summed E-state index contributed by atoms with van der Waals surface area (Å²) < 4.78 is 0. The average molecular weight is 268 g/mol. The maximum absolute atomic E-state index is 4.38. The third kappa shape index (κ3) is 3.67. The van der Waals surface area contributed by atoms with Gasteiger partial charge in [0.15, 0.2) is 0 Å². The van der Waals surface area contributed by atoms with Crippen molar-refractivity contribution in [3.8, 4) is 0 Å². The normalized spacial score (nSPS) is 12.5. The number of benzene rings is 1. The minimum atomic E-state index is 0.354. The first-order valence-corrected chi connectivity index (χ1v) is 7.49. The monoisotopic (exact) mass is 268 g/mol. The van der Waals surface area contributed by atoms with Gasteiger partial charge in [-0.05, 0) is 49.6 Å². The van der Waals surface area contributed by atoms with Crippen molar-refractivity contribution in [1.82, 2.24) is 10.3 Å². The largest absolute Gasteiger partial charge is 0.310 e. The highest BCUT2D eigenvalue weighted by atomic mass is 14.9. The van der Waals surface area contributed by atoms with Crippen molar-refractivity contribution < 1.29 is 0 Å². The number of nitrogens with one attached hydrogen (secondary N) is 1. The first-order valence-electron chi connectivity index (χ1n) is 7.49. The summed E-state index contributed by atoms with van der Waals surface area (Å²) in [5.74, 6) is 0. The lowest BCUT2D eigenvalue weighted by Crippen LogP contribution is -2.22. The molecule has 1 aromatic carbocycles. The second-order valence-electron chi connectivity index (χ2n) is 5.27. The van der Waals surface area contributed by atoms with E-state index in [-0.39, 0.29) is 0 Å². The Balaban J connectivity index is 2.26. The predicted octanol–water partition coefficient (Wildman–Crippen LogP) is 4.63. The molecule has 0 saturated heterocycles. The standard InChI is InChI=1S/C18H24N2/c1-4-10-19-18(12-14(3)5-2)16-8-9-17-15(13-16)7-6-11-20-17/h6-9,11,13,18-19H,3-5,10,12H2,1-2H3. The maximum Gasteiger partial charge on any atom is 0.0702 e. The molecule has 0 aliphatic carbocycles. The van der Waals surface area contributed by atoms with E-state index in [4.69, 9.17) is 0 Å². The molecule has 2 nitrogen and oxygen atoms in total. The van der Waals surface area contributed by atoms with Crippen LogP contribution in [0.3, 0.4) is 0 Å². The molecule has 0 amide bonds. The van der Waals surface area contributed by atoms with Gasteiger partial charge in [0.1, 0.15) is 0 Å². The summed E-state index contributed by atoms with van der Waals surface area (Å²) in [6, 6.07) is 11.0. The molecular formula is C18H24N2. The Labute approximate surface area is 121 Å². The van der Waals surface area contributed by atoms with Gasteiger partial charge in [-0.15, -0.1) is 0 Å². The second kappa shape index (κ2) is 7.20. The molecular weight excluding hydrogens is 244 g/mol. The van der Waals surface area contributed by atoms with E-state index in [1.54, 1.807) is 0 Å². The van der Waals surface area contributed by atoms with E-state index >= 15 is 0 Å². The summed E-state index contributed by atoms with van der Waals surface area (Å²) >= 11 is 0. The third-order valence-corrected chi connectivity index (χ3v) is 3.66. The fourth-order valence-electron chi connectivity index (χ4n) is 2.37. The predicted molar refractivity (Wildman–Crippen MR) is 86.8 cm³/mol. The van der Waals surface area contributed by atoms with E-state index in [0.717, 1.165) is 31.3 Å². The van der Waals surface area contributed by atoms with Crippen molar-refractivity contribution >= 4 is 10.9 Å². The highest BCUT2D eigenvalue weighted by Crippen LogP contribution is 2.24. The lowest BCUT2D eigenvalue weighted by molar-refractivity contribution is 0.524. The van der Waals surface area contributed by atoms with Gasteiger partial charge in [-0.25, -0.2) is 0 Å². The van der Waals surface area contributed by atoms with Gasteiger partial charge < -0.3 is 5.32 Å². The van der Waals surface area contributed by atoms with Crippen LogP contribution in [0.5, 0.6) is 0 Å². The summed E-state index contributed by atoms with van der Waals surface area (Å²) in [5, 5.41) is 4.84. The molecule has 2 heteroatoms. The summed E-state index contributed by atoms with van der Waals surface area (Å²) in [4.78, 5) is 4.38. The summed E-state index contributed by atoms with van der Waals surface area (Å²) in [6.45, 7) is 9.56. The van der Waals surface area contributed by atoms with Gasteiger partial charge in [0.05, 0.1) is 5.52 Å². The molecule has 1 N–H and O–H groups in total. The van der Waals surface area contributed by atoms with Crippen molar-refractivity contribution in [3.05, 3.63) is 54.2 Å². The highest BCUT2D eigenvalue weighted by molar-refractivity contribution is 5.79. The Kier molecular flexibility index (Phi) is 5.31. The minimum absolute atomic E-state index is 0.354. The van der Waals surface area contributed by atoms with E-state index in [9.17, 15) is 0 Å². The van der Waals surface area contributed by atoms with Crippen LogP contribution in [-0.4, -0.2) is 11.5 Å². The van der Waals surface area contributed by atoms with Crippen LogP contribution in [0.15, 0.2) is 48.7 Å². The molecule has 20 heavy (non-hydrogen) atoms. The first-order chi connectivity index (χ1) is 9.74. The molecule has 0 aliphatic rings. The molecule has 0 saturated carbocycles. The quantitative estimate of drug-likeness (QED) is 0.740. The maximum atomic E-state index is 4.38. The molecule has 0 spiro atoms. The Morgan fingerprint density at radius 3 is 2.90 bits per heavy atom. The average Bonchev–Trinajstić information content (AvgIpc) is 2.50. The smallest absolute Gasteiger partial charge is 0.0702 e. The molecule has 1 aromatic heterocycles. The second-order valence-corrected chi connectivity index (χ2v) is 5.27. The van der Waals surface area contributed by atoms with Crippen LogP contribution in [0.25, 0.3) is 10.9 Å². The van der Waals surface area contributed by atoms with Crippen molar-refractivity contribution in [2.75, 3.05) is 6.54 Å². The lowest BCUT2D eigenvalue weighted by Gasteiger charge is -2.20. The van der Waals surface area contributed by atoms with Crippen LogP contribution in [0.4, 0.5) is 0 Å². The SMILES string of the molecule is C=C(CC)CC(NCCC)c1ccc2ncccc2c1. The van der Waals surface area contributed by atoms with Crippen molar-refractivity contribution in [2.24, 2.45) is 0 Å². The highest BCUT2D eigenvalue weighted by Gasteiger charge is 2.12. The summed E-state index contributed by atoms with van der Waals surface area (Å²) in [7, 11) is 0. The number of hydrogen-bond donors (Lipinski definition) is 1. The third-order valence-electron chi connectivity index (χ3n) is 3.66. The first kappa shape index (κ1) is 14.7. The van der Waals surface area contributed by atoms with Gasteiger partial charge >= 0.3 is 0 Å². The van der Waals surface area contributed by atoms with Gasteiger partial charge in [0, 0.05) is 17.6 Å². The van der Waals surface area contributed by atoms with Crippen LogP contribution >= 0.6 is 0 Å². The number of hydrogen-bond acceptors (Lipinski definition) is 2. The van der Waals surface area contributed by atoms with Crippen LogP contribution < -0.4 is 5.32 Å². The summed E-state index contributed by atoms with van der Waals surface area (Å²) in [6.07, 6.45) is 5.03. The molecule has 1 heterocycles. The fourth-order valence-corrected chi connectivity index (χ4v) is 2.37. The van der Waals surface area contributed by atoms with Crippen LogP contribution in [0.1, 0.15) is 44.7 Å². The molecule has 0 radical (unpaired) electrons. The molecule has 1 unspecified atom stereocenters.